The number of hydrogen-bond acceptors (Lipinski definition) is 5. The molecule has 0 heterocycles. The first-order valence-corrected chi connectivity index (χ1v) is 7.60. The predicted octanol–water partition coefficient (Wildman–Crippen LogP) is 1.10. The highest BCUT2D eigenvalue weighted by Gasteiger charge is 2.13. The summed E-state index contributed by atoms with van der Waals surface area (Å²) in [5.41, 5.74) is 6.58. The van der Waals surface area contributed by atoms with Crippen molar-refractivity contribution >= 4 is 9.84 Å². The van der Waals surface area contributed by atoms with Gasteiger partial charge in [-0.3, -0.25) is 0 Å². The molecule has 0 bridgehead atoms. The molecule has 0 fully saturated rings. The Bertz CT molecular complexity index is 469. The van der Waals surface area contributed by atoms with Crippen molar-refractivity contribution in [3.05, 3.63) is 29.8 Å². The molecular weight excluding hydrogens is 254 g/mol. The third-order valence-corrected chi connectivity index (χ3v) is 3.39. The molecule has 0 aliphatic rings. The number of rotatable bonds is 6. The summed E-state index contributed by atoms with van der Waals surface area (Å²) in [5, 5.41) is 0. The van der Waals surface area contributed by atoms with Crippen molar-refractivity contribution < 1.29 is 17.9 Å². The first-order valence-electron chi connectivity index (χ1n) is 5.54. The van der Waals surface area contributed by atoms with Crippen LogP contribution >= 0.6 is 0 Å². The highest BCUT2D eigenvalue weighted by Crippen LogP contribution is 2.18. The molecule has 2 atom stereocenters. The Morgan fingerprint density at radius 3 is 2.28 bits per heavy atom. The average Bonchev–Trinajstić information content (AvgIpc) is 2.27. The van der Waals surface area contributed by atoms with Gasteiger partial charge in [0.2, 0.25) is 0 Å². The SMILES string of the molecule is CO[C@@H](C)Oc1ccc([C@@H](N)CS(C)(=O)=O)cc1. The van der Waals surface area contributed by atoms with Crippen LogP contribution in [0.2, 0.25) is 0 Å². The number of methoxy groups -OCH3 is 1. The van der Waals surface area contributed by atoms with Gasteiger partial charge in [0.05, 0.1) is 5.75 Å². The summed E-state index contributed by atoms with van der Waals surface area (Å²) in [4.78, 5) is 0. The molecule has 102 valence electrons. The molecule has 0 aliphatic carbocycles. The monoisotopic (exact) mass is 273 g/mol. The molecule has 2 N–H and O–H groups in total. The van der Waals surface area contributed by atoms with Gasteiger partial charge in [-0.1, -0.05) is 12.1 Å². The van der Waals surface area contributed by atoms with Crippen molar-refractivity contribution in [2.75, 3.05) is 19.1 Å². The molecule has 1 aromatic rings. The van der Waals surface area contributed by atoms with Crippen LogP contribution in [0.5, 0.6) is 5.75 Å². The van der Waals surface area contributed by atoms with E-state index in [9.17, 15) is 8.42 Å². The fraction of sp³-hybridized carbons (Fsp3) is 0.500. The molecule has 0 saturated heterocycles. The third kappa shape index (κ3) is 5.03. The van der Waals surface area contributed by atoms with Gasteiger partial charge in [-0.2, -0.15) is 0 Å². The molecule has 0 spiro atoms. The fourth-order valence-electron chi connectivity index (χ4n) is 1.46. The second-order valence-electron chi connectivity index (χ2n) is 4.19. The second kappa shape index (κ2) is 6.17. The molecule has 0 aromatic heterocycles. The fourth-order valence-corrected chi connectivity index (χ4v) is 2.30. The van der Waals surface area contributed by atoms with Crippen molar-refractivity contribution in [3.8, 4) is 5.75 Å². The van der Waals surface area contributed by atoms with Gasteiger partial charge < -0.3 is 15.2 Å². The first-order chi connectivity index (χ1) is 8.31. The zero-order valence-electron chi connectivity index (χ0n) is 10.8. The van der Waals surface area contributed by atoms with Gasteiger partial charge >= 0.3 is 0 Å². The molecule has 1 aromatic carbocycles. The minimum Gasteiger partial charge on any atom is -0.465 e. The van der Waals surface area contributed by atoms with E-state index >= 15 is 0 Å². The van der Waals surface area contributed by atoms with Crippen LogP contribution in [-0.2, 0) is 14.6 Å². The zero-order chi connectivity index (χ0) is 13.8. The third-order valence-electron chi connectivity index (χ3n) is 2.42. The van der Waals surface area contributed by atoms with Crippen molar-refractivity contribution in [1.29, 1.82) is 0 Å². The summed E-state index contributed by atoms with van der Waals surface area (Å²) in [6.07, 6.45) is 0.838. The lowest BCUT2D eigenvalue weighted by Crippen LogP contribution is -2.20. The van der Waals surface area contributed by atoms with Gasteiger partial charge in [0, 0.05) is 19.4 Å². The minimum absolute atomic E-state index is 0.0678. The van der Waals surface area contributed by atoms with E-state index in [0.29, 0.717) is 5.75 Å². The van der Waals surface area contributed by atoms with Gasteiger partial charge in [0.15, 0.2) is 6.29 Å². The van der Waals surface area contributed by atoms with Gasteiger partial charge in [-0.15, -0.1) is 0 Å². The Labute approximate surface area is 108 Å². The Morgan fingerprint density at radius 1 is 1.28 bits per heavy atom. The maximum absolute atomic E-state index is 11.1. The maximum Gasteiger partial charge on any atom is 0.196 e. The van der Waals surface area contributed by atoms with Gasteiger partial charge in [0.1, 0.15) is 15.6 Å². The largest absolute Gasteiger partial charge is 0.465 e. The van der Waals surface area contributed by atoms with E-state index in [1.807, 2.05) is 0 Å². The Hall–Kier alpha value is -1.11. The lowest BCUT2D eigenvalue weighted by atomic mass is 10.1. The van der Waals surface area contributed by atoms with E-state index in [0.717, 1.165) is 5.56 Å². The summed E-state index contributed by atoms with van der Waals surface area (Å²) < 4.78 is 32.7. The van der Waals surface area contributed by atoms with Gasteiger partial charge in [-0.05, 0) is 24.6 Å². The van der Waals surface area contributed by atoms with E-state index in [2.05, 4.69) is 0 Å². The molecule has 0 amide bonds. The van der Waals surface area contributed by atoms with E-state index in [-0.39, 0.29) is 12.0 Å². The van der Waals surface area contributed by atoms with E-state index in [1.54, 1.807) is 38.3 Å². The van der Waals surface area contributed by atoms with Crippen LogP contribution in [0.3, 0.4) is 0 Å². The predicted molar refractivity (Wildman–Crippen MR) is 70.2 cm³/mol. The Balaban J connectivity index is 2.70. The maximum atomic E-state index is 11.1. The summed E-state index contributed by atoms with van der Waals surface area (Å²) in [6, 6.07) is 6.48. The standard InChI is InChI=1S/C12H19NO4S/c1-9(16-2)17-11-6-4-10(5-7-11)12(13)8-18(3,14)15/h4-7,9,12H,8,13H2,1-3H3/t9-,12+/m1/s1. The van der Waals surface area contributed by atoms with Crippen molar-refractivity contribution in [2.45, 2.75) is 19.3 Å². The Kier molecular flexibility index (Phi) is 5.13. The molecule has 0 unspecified atom stereocenters. The highest BCUT2D eigenvalue weighted by atomic mass is 32.2. The van der Waals surface area contributed by atoms with Crippen LogP contribution in [-0.4, -0.2) is 33.8 Å². The van der Waals surface area contributed by atoms with Crippen LogP contribution in [0.25, 0.3) is 0 Å². The van der Waals surface area contributed by atoms with Crippen LogP contribution in [0.4, 0.5) is 0 Å². The number of hydrogen-bond donors (Lipinski definition) is 1. The van der Waals surface area contributed by atoms with E-state index in [4.69, 9.17) is 15.2 Å². The summed E-state index contributed by atoms with van der Waals surface area (Å²) >= 11 is 0. The molecule has 1 rings (SSSR count). The first kappa shape index (κ1) is 14.9. The van der Waals surface area contributed by atoms with Crippen molar-refractivity contribution in [2.24, 2.45) is 5.73 Å². The topological polar surface area (TPSA) is 78.6 Å². The summed E-state index contributed by atoms with van der Waals surface area (Å²) in [6.45, 7) is 1.78. The van der Waals surface area contributed by atoms with E-state index < -0.39 is 15.9 Å². The molecule has 0 aliphatic heterocycles. The molecule has 18 heavy (non-hydrogen) atoms. The smallest absolute Gasteiger partial charge is 0.196 e. The summed E-state index contributed by atoms with van der Waals surface area (Å²) in [7, 11) is -1.52. The molecule has 5 nitrogen and oxygen atoms in total. The van der Waals surface area contributed by atoms with Crippen LogP contribution in [0, 0.1) is 0 Å². The van der Waals surface area contributed by atoms with E-state index in [1.165, 1.54) is 6.26 Å². The van der Waals surface area contributed by atoms with Crippen LogP contribution < -0.4 is 10.5 Å². The Morgan fingerprint density at radius 2 is 1.83 bits per heavy atom. The molecule has 0 saturated carbocycles. The number of sulfone groups is 1. The molecule has 0 radical (unpaired) electrons. The lowest BCUT2D eigenvalue weighted by Gasteiger charge is -2.14. The lowest BCUT2D eigenvalue weighted by molar-refractivity contribution is -0.0382. The molecule has 6 heteroatoms. The summed E-state index contributed by atoms with van der Waals surface area (Å²) in [5.74, 6) is 0.585. The number of nitrogens with two attached hydrogens (primary N) is 1. The second-order valence-corrected chi connectivity index (χ2v) is 6.37. The van der Waals surface area contributed by atoms with Gasteiger partial charge in [-0.25, -0.2) is 8.42 Å². The zero-order valence-corrected chi connectivity index (χ0v) is 11.6. The minimum atomic E-state index is -3.08. The molecular formula is C12H19NO4S. The van der Waals surface area contributed by atoms with Crippen LogP contribution in [0.15, 0.2) is 24.3 Å². The van der Waals surface area contributed by atoms with Gasteiger partial charge in [0.25, 0.3) is 0 Å². The van der Waals surface area contributed by atoms with Crippen molar-refractivity contribution in [3.63, 3.8) is 0 Å². The average molecular weight is 273 g/mol. The number of ether oxygens (including phenoxy) is 2. The quantitative estimate of drug-likeness (QED) is 0.785. The van der Waals surface area contributed by atoms with Crippen molar-refractivity contribution in [1.82, 2.24) is 0 Å². The highest BCUT2D eigenvalue weighted by molar-refractivity contribution is 7.90. The normalized spacial score (nSPS) is 15.1. The van der Waals surface area contributed by atoms with Crippen LogP contribution in [0.1, 0.15) is 18.5 Å². The number of benzene rings is 1.